The summed E-state index contributed by atoms with van der Waals surface area (Å²) in [5.74, 6) is 1.93. The molecule has 4 nitrogen and oxygen atoms in total. The monoisotopic (exact) mass is 350 g/mol. The molecule has 0 aliphatic carbocycles. The Balaban J connectivity index is 2.26. The van der Waals surface area contributed by atoms with Crippen molar-refractivity contribution in [2.45, 2.75) is 52.1 Å². The van der Waals surface area contributed by atoms with E-state index in [1.807, 2.05) is 6.07 Å². The highest BCUT2D eigenvalue weighted by molar-refractivity contribution is 7.80. The van der Waals surface area contributed by atoms with E-state index < -0.39 is 0 Å². The topological polar surface area (TPSA) is 33.7 Å². The smallest absolute Gasteiger partial charge is 0.161 e. The standard InChI is InChI=1S/C19H30N2O2S/c1-12(2)21(13(3)4)8-7-14-11-20-19(24)16-10-18(23-6)17(22-5)9-15(14)16/h9-10,12-14H,7-8,11H2,1-6H3,(H,20,24). The number of thiocarbonyl (C=S) groups is 1. The van der Waals surface area contributed by atoms with Crippen LogP contribution < -0.4 is 14.8 Å². The molecule has 0 amide bonds. The lowest BCUT2D eigenvalue weighted by atomic mass is 9.87. The second kappa shape index (κ2) is 8.17. The number of nitrogens with zero attached hydrogens (tertiary/aromatic N) is 1. The summed E-state index contributed by atoms with van der Waals surface area (Å²) in [5, 5.41) is 3.38. The lowest BCUT2D eigenvalue weighted by Crippen LogP contribution is -2.40. The third-order valence-electron chi connectivity index (χ3n) is 4.81. The average Bonchev–Trinajstić information content (AvgIpc) is 2.55. The van der Waals surface area contributed by atoms with Crippen LogP contribution in [0.15, 0.2) is 12.1 Å². The first-order valence-electron chi connectivity index (χ1n) is 8.68. The van der Waals surface area contributed by atoms with Gasteiger partial charge < -0.3 is 14.8 Å². The number of methoxy groups -OCH3 is 2. The van der Waals surface area contributed by atoms with Gasteiger partial charge in [0.2, 0.25) is 0 Å². The zero-order valence-corrected chi connectivity index (χ0v) is 16.5. The molecule has 0 spiro atoms. The van der Waals surface area contributed by atoms with Crippen molar-refractivity contribution in [3.8, 4) is 11.5 Å². The third kappa shape index (κ3) is 4.01. The fourth-order valence-corrected chi connectivity index (χ4v) is 3.79. The summed E-state index contributed by atoms with van der Waals surface area (Å²) in [6, 6.07) is 5.19. The Morgan fingerprint density at radius 3 is 2.25 bits per heavy atom. The van der Waals surface area contributed by atoms with Gasteiger partial charge in [0.15, 0.2) is 11.5 Å². The Morgan fingerprint density at radius 2 is 1.71 bits per heavy atom. The molecule has 1 aliphatic heterocycles. The SMILES string of the molecule is COc1cc2c(cc1OC)C(CCN(C(C)C)C(C)C)CNC2=S. The van der Waals surface area contributed by atoms with Crippen molar-refractivity contribution >= 4 is 17.2 Å². The fraction of sp³-hybridized carbons (Fsp3) is 0.632. The number of rotatable bonds is 7. The minimum Gasteiger partial charge on any atom is -0.493 e. The minimum absolute atomic E-state index is 0.423. The molecule has 0 bridgehead atoms. The van der Waals surface area contributed by atoms with E-state index in [0.29, 0.717) is 18.0 Å². The van der Waals surface area contributed by atoms with E-state index in [-0.39, 0.29) is 0 Å². The zero-order chi connectivity index (χ0) is 17.9. The number of fused-ring (bicyclic) bond motifs is 1. The van der Waals surface area contributed by atoms with Gasteiger partial charge in [-0.05, 0) is 58.4 Å². The first-order chi connectivity index (χ1) is 11.4. The maximum Gasteiger partial charge on any atom is 0.161 e. The second-order valence-corrected chi connectivity index (χ2v) is 7.32. The summed E-state index contributed by atoms with van der Waals surface area (Å²) in [4.78, 5) is 3.33. The van der Waals surface area contributed by atoms with Gasteiger partial charge in [-0.2, -0.15) is 0 Å². The van der Waals surface area contributed by atoms with Crippen LogP contribution in [0.25, 0.3) is 0 Å². The molecule has 0 saturated carbocycles. The van der Waals surface area contributed by atoms with Gasteiger partial charge in [-0.3, -0.25) is 4.90 Å². The molecular formula is C19H30N2O2S. The summed E-state index contributed by atoms with van der Waals surface area (Å²) < 4.78 is 10.9. The maximum absolute atomic E-state index is 5.50. The molecule has 2 rings (SSSR count). The first kappa shape index (κ1) is 19.0. The number of benzene rings is 1. The van der Waals surface area contributed by atoms with Gasteiger partial charge in [-0.25, -0.2) is 0 Å². The van der Waals surface area contributed by atoms with Gasteiger partial charge in [0.05, 0.1) is 14.2 Å². The molecule has 1 unspecified atom stereocenters. The normalized spacial score (nSPS) is 17.2. The summed E-state index contributed by atoms with van der Waals surface area (Å²) in [6.07, 6.45) is 1.09. The zero-order valence-electron chi connectivity index (χ0n) is 15.7. The quantitative estimate of drug-likeness (QED) is 0.760. The molecule has 0 fully saturated rings. The van der Waals surface area contributed by atoms with Crippen molar-refractivity contribution in [1.29, 1.82) is 0 Å². The van der Waals surface area contributed by atoms with E-state index in [4.69, 9.17) is 21.7 Å². The van der Waals surface area contributed by atoms with Crippen molar-refractivity contribution in [2.75, 3.05) is 27.3 Å². The van der Waals surface area contributed by atoms with Crippen LogP contribution in [0.5, 0.6) is 11.5 Å². The number of nitrogens with one attached hydrogen (secondary N) is 1. The lowest BCUT2D eigenvalue weighted by molar-refractivity contribution is 0.168. The van der Waals surface area contributed by atoms with Gasteiger partial charge in [-0.1, -0.05) is 12.2 Å². The molecule has 5 heteroatoms. The molecule has 0 radical (unpaired) electrons. The third-order valence-corrected chi connectivity index (χ3v) is 5.18. The van der Waals surface area contributed by atoms with E-state index in [2.05, 4.69) is 44.0 Å². The van der Waals surface area contributed by atoms with E-state index in [0.717, 1.165) is 41.6 Å². The van der Waals surface area contributed by atoms with E-state index >= 15 is 0 Å². The molecule has 1 N–H and O–H groups in total. The highest BCUT2D eigenvalue weighted by atomic mass is 32.1. The average molecular weight is 351 g/mol. The molecule has 1 atom stereocenters. The second-order valence-electron chi connectivity index (χ2n) is 6.92. The number of hydrogen-bond donors (Lipinski definition) is 1. The molecule has 0 saturated heterocycles. The Bertz CT molecular complexity index is 579. The molecule has 134 valence electrons. The van der Waals surface area contributed by atoms with Crippen LogP contribution >= 0.6 is 12.2 Å². The van der Waals surface area contributed by atoms with E-state index in [1.54, 1.807) is 14.2 Å². The van der Waals surface area contributed by atoms with Gasteiger partial charge in [-0.15, -0.1) is 0 Å². The Hall–Kier alpha value is -1.33. The fourth-order valence-electron chi connectivity index (χ4n) is 3.53. The van der Waals surface area contributed by atoms with Crippen molar-refractivity contribution in [2.24, 2.45) is 0 Å². The molecule has 1 aromatic carbocycles. The van der Waals surface area contributed by atoms with Crippen LogP contribution in [0.1, 0.15) is 51.2 Å². The summed E-state index contributed by atoms with van der Waals surface area (Å²) in [7, 11) is 3.34. The van der Waals surface area contributed by atoms with E-state index in [1.165, 1.54) is 5.56 Å². The van der Waals surface area contributed by atoms with Crippen LogP contribution in [0.3, 0.4) is 0 Å². The van der Waals surface area contributed by atoms with Crippen LogP contribution in [0.4, 0.5) is 0 Å². The van der Waals surface area contributed by atoms with Crippen LogP contribution in [0.2, 0.25) is 0 Å². The maximum atomic E-state index is 5.50. The van der Waals surface area contributed by atoms with E-state index in [9.17, 15) is 0 Å². The Labute approximate surface area is 151 Å². The molecule has 1 heterocycles. The van der Waals surface area contributed by atoms with Gasteiger partial charge in [0.1, 0.15) is 4.99 Å². The first-order valence-corrected chi connectivity index (χ1v) is 9.09. The summed E-state index contributed by atoms with van der Waals surface area (Å²) in [5.41, 5.74) is 2.34. The summed E-state index contributed by atoms with van der Waals surface area (Å²) in [6.45, 7) is 11.0. The van der Waals surface area contributed by atoms with Gasteiger partial charge in [0, 0.05) is 30.1 Å². The van der Waals surface area contributed by atoms with Crippen molar-refractivity contribution in [1.82, 2.24) is 10.2 Å². The van der Waals surface area contributed by atoms with Gasteiger partial charge >= 0.3 is 0 Å². The predicted octanol–water partition coefficient (Wildman–Crippen LogP) is 3.58. The molecule has 24 heavy (non-hydrogen) atoms. The Morgan fingerprint density at radius 1 is 1.12 bits per heavy atom. The minimum atomic E-state index is 0.423. The van der Waals surface area contributed by atoms with Crippen LogP contribution in [0, 0.1) is 0 Å². The predicted molar refractivity (Wildman–Crippen MR) is 104 cm³/mol. The van der Waals surface area contributed by atoms with Gasteiger partial charge in [0.25, 0.3) is 0 Å². The van der Waals surface area contributed by atoms with Crippen molar-refractivity contribution in [3.05, 3.63) is 23.3 Å². The molecule has 0 aromatic heterocycles. The number of ether oxygens (including phenoxy) is 2. The largest absolute Gasteiger partial charge is 0.493 e. The van der Waals surface area contributed by atoms with Crippen molar-refractivity contribution < 1.29 is 9.47 Å². The molecule has 1 aromatic rings. The number of hydrogen-bond acceptors (Lipinski definition) is 4. The lowest BCUT2D eigenvalue weighted by Gasteiger charge is -2.34. The molecular weight excluding hydrogens is 320 g/mol. The van der Waals surface area contributed by atoms with Crippen molar-refractivity contribution in [3.63, 3.8) is 0 Å². The molecule has 1 aliphatic rings. The van der Waals surface area contributed by atoms with Crippen LogP contribution in [-0.4, -0.2) is 49.3 Å². The van der Waals surface area contributed by atoms with Crippen LogP contribution in [-0.2, 0) is 0 Å². The summed E-state index contributed by atoms with van der Waals surface area (Å²) >= 11 is 5.50. The Kier molecular flexibility index (Phi) is 6.47. The highest BCUT2D eigenvalue weighted by Crippen LogP contribution is 2.37. The highest BCUT2D eigenvalue weighted by Gasteiger charge is 2.26.